The van der Waals surface area contributed by atoms with Crippen LogP contribution in [0.4, 0.5) is 88.7 Å². The summed E-state index contributed by atoms with van der Waals surface area (Å²) in [5, 5.41) is 12.5. The Morgan fingerprint density at radius 2 is 0.773 bits per heavy atom. The summed E-state index contributed by atoms with van der Waals surface area (Å²) in [6.07, 6.45) is 17.1. The number of benzene rings is 4. The number of unbranched alkanes of at least 4 members (excludes halogenated alkanes) is 3. The van der Waals surface area contributed by atoms with Gasteiger partial charge in [-0.25, -0.2) is 4.98 Å². The number of hydrogen-bond acceptors (Lipinski definition) is 39. The van der Waals surface area contributed by atoms with Crippen molar-refractivity contribution in [2.75, 3.05) is 162 Å². The number of methoxy groups -OCH3 is 2. The highest BCUT2D eigenvalue weighted by molar-refractivity contribution is 5.64. The number of nitrogen functional groups attached to an aromatic ring is 5. The first kappa shape index (κ1) is 112. The summed E-state index contributed by atoms with van der Waals surface area (Å²) < 4.78 is 22.4. The van der Waals surface area contributed by atoms with Crippen molar-refractivity contribution in [1.29, 1.82) is 0 Å². The Morgan fingerprint density at radius 1 is 0.362 bits per heavy atom. The average molecular weight is 1930 g/mol. The normalized spacial score (nSPS) is 12.4. The first-order valence-electron chi connectivity index (χ1n) is 49.5. The van der Waals surface area contributed by atoms with Crippen molar-refractivity contribution >= 4 is 88.7 Å². The number of ether oxygens (including phenoxy) is 4. The van der Waals surface area contributed by atoms with E-state index in [0.29, 0.717) is 95.2 Å². The fourth-order valence-electron chi connectivity index (χ4n) is 14.2. The van der Waals surface area contributed by atoms with Gasteiger partial charge < -0.3 is 88.5 Å². The van der Waals surface area contributed by atoms with E-state index in [1.807, 2.05) is 146 Å². The molecule has 14 rings (SSSR count). The molecule has 14 N–H and O–H groups in total. The lowest BCUT2D eigenvalue weighted by molar-refractivity contribution is 0.0907. The largest absolute Gasteiger partial charge is 0.490 e. The molecule has 10 heterocycles. The van der Waals surface area contributed by atoms with E-state index in [1.54, 1.807) is 20.3 Å². The molecular formula is C102H153N35O4. The van der Waals surface area contributed by atoms with Crippen molar-refractivity contribution in [2.45, 2.75) is 252 Å². The third-order valence-electron chi connectivity index (χ3n) is 22.0. The second-order valence-electron chi connectivity index (χ2n) is 34.7. The monoisotopic (exact) mass is 1930 g/mol. The molecule has 0 saturated carbocycles. The van der Waals surface area contributed by atoms with Crippen LogP contribution in [0.15, 0.2) is 109 Å². The molecule has 141 heavy (non-hydrogen) atoms. The van der Waals surface area contributed by atoms with Crippen LogP contribution in [0.25, 0.3) is 34.2 Å². The molecule has 760 valence electrons. The molecule has 0 radical (unpaired) electrons. The van der Waals surface area contributed by atoms with Crippen molar-refractivity contribution in [1.82, 2.24) is 110 Å². The highest BCUT2D eigenvalue weighted by Crippen LogP contribution is 2.34. The zero-order chi connectivity index (χ0) is 102. The summed E-state index contributed by atoms with van der Waals surface area (Å²) in [7, 11) is 3.35. The Hall–Kier alpha value is -14.0. The lowest BCUT2D eigenvalue weighted by atomic mass is 10.0. The molecule has 12 aromatic rings. The zero-order valence-corrected chi connectivity index (χ0v) is 86.9. The van der Waals surface area contributed by atoms with E-state index >= 15 is 0 Å². The number of nitrogens with zero attached hydrogens (tertiary/aromatic N) is 26. The number of piperidine rings is 2. The molecule has 39 heteroatoms. The van der Waals surface area contributed by atoms with Crippen LogP contribution in [-0.2, 0) is 15.9 Å². The standard InChI is InChI=1S/C19H29N5O4.C18H19N5.C16H31N5.C14H20N6.C14H23N5.C13H16N4.C8H15N5/c1-12(25-3)7-9-27-15-6-5-14(17-22-18(20)24-19(21)23-17)11-16(15)28-10-8-13(2)26-4;1-12-6-4-8-15(10-12)21-17-19-14(3)20-18(23-17)22-16-9-5-7-13(2)11-16;1-6-10-12-20(8-3)15-17-14(5)18-16(19-15)21(9-4)13-11-7-2;1-7(2)10-5-9(6-11(17-10)8(3)4)12-18-13(15)20-14(16)19-12;1-12-15-13(18-8-4-2-5-9-18)17-14(16-12)19-10-6-3-7-11-19;1-2-3-9-11-15-12(17-13(14)16-11)10-7-5-4-6-8-10;1-4-9-7-11-6(3)12-8(13-7)10-5-2/h5-6,11-13H,7-10H2,1-4H3,(H4,20,21,22,23,24);4-11H,1-3H3,(H2,19,20,21,22,23);6-13H2,1-5H3;5-8H,1-4H3,(H4,15,16,18,19,20);2-11H2,1H3;4-8H,2-3,9H2,1H3,(H2,14,15,16,17);4-5H2,1-3H3,(H2,9,10,11,12,13). The maximum absolute atomic E-state index is 5.95. The average Bonchev–Trinajstić information content (AvgIpc) is 0.775. The van der Waals surface area contributed by atoms with Gasteiger partial charge in [0.2, 0.25) is 77.3 Å². The molecule has 2 aliphatic heterocycles. The van der Waals surface area contributed by atoms with E-state index in [9.17, 15) is 0 Å². The second kappa shape index (κ2) is 60.1. The first-order valence-corrected chi connectivity index (χ1v) is 49.5. The van der Waals surface area contributed by atoms with Gasteiger partial charge in [-0.15, -0.1) is 0 Å². The van der Waals surface area contributed by atoms with Crippen LogP contribution in [0.1, 0.15) is 243 Å². The fourth-order valence-corrected chi connectivity index (χ4v) is 14.2. The number of nitrogens with two attached hydrogens (primary N) is 5. The van der Waals surface area contributed by atoms with Gasteiger partial charge in [0.15, 0.2) is 29.0 Å². The third-order valence-corrected chi connectivity index (χ3v) is 22.0. The topological polar surface area (TPSA) is 512 Å². The SMILES string of the molecule is CC(C)c1cc(-c2nc(N)nc(N)n2)cc(C(C)C)n1.CCCCN(CC)c1nc(C)nc(N(CC)CCCC)n1.CCCCc1nc(N)nc(-c2ccccc2)n1.CCNc1nc(C)nc(NCC)n1.COC(C)CCOc1ccc(-c2nc(N)nc(N)n2)cc1OCCC(C)OC.Cc1cccc(Nc2nc(C)nc(Nc3cccc(C)c3)n2)c1.Cc1nc(N2CCCCC2)nc(N2CCCCC2)n1. The van der Waals surface area contributed by atoms with E-state index in [1.165, 1.54) is 75.3 Å². The predicted octanol–water partition coefficient (Wildman–Crippen LogP) is 18.0. The van der Waals surface area contributed by atoms with Crippen LogP contribution in [0.3, 0.4) is 0 Å². The quantitative estimate of drug-likeness (QED) is 0.0173. The van der Waals surface area contributed by atoms with Gasteiger partial charge in [0.25, 0.3) is 0 Å². The lowest BCUT2D eigenvalue weighted by Gasteiger charge is -2.30. The first-order chi connectivity index (χ1) is 67.9. The van der Waals surface area contributed by atoms with Crippen LogP contribution in [-0.4, -0.2) is 215 Å². The van der Waals surface area contributed by atoms with Crippen LogP contribution in [0.2, 0.25) is 0 Å². The second-order valence-corrected chi connectivity index (χ2v) is 34.7. The molecule has 0 amide bonds. The van der Waals surface area contributed by atoms with Crippen molar-refractivity contribution in [3.05, 3.63) is 161 Å². The Balaban J connectivity index is 0.000000203. The summed E-state index contributed by atoms with van der Waals surface area (Å²) in [5.74, 6) is 13.6. The summed E-state index contributed by atoms with van der Waals surface area (Å²) in [5.41, 5.74) is 37.1. The number of hydrogen-bond donors (Lipinski definition) is 9. The molecule has 39 nitrogen and oxygen atoms in total. The molecule has 0 aliphatic carbocycles. The Labute approximate surface area is 833 Å². The Morgan fingerprint density at radius 3 is 1.20 bits per heavy atom. The van der Waals surface area contributed by atoms with Crippen LogP contribution in [0.5, 0.6) is 11.5 Å². The third kappa shape index (κ3) is 39.7. The molecule has 4 aromatic carbocycles. The number of pyridine rings is 1. The minimum atomic E-state index is 0.0627. The highest BCUT2D eigenvalue weighted by Gasteiger charge is 2.23. The van der Waals surface area contributed by atoms with E-state index in [0.717, 1.165) is 179 Å². The van der Waals surface area contributed by atoms with Crippen molar-refractivity contribution < 1.29 is 18.9 Å². The molecule has 0 spiro atoms. The van der Waals surface area contributed by atoms with Gasteiger partial charge in [-0.2, -0.15) is 99.7 Å². The summed E-state index contributed by atoms with van der Waals surface area (Å²) >= 11 is 0. The molecule has 2 unspecified atom stereocenters. The van der Waals surface area contributed by atoms with Crippen LogP contribution >= 0.6 is 0 Å². The molecule has 2 aliphatic rings. The molecule has 2 atom stereocenters. The number of anilines is 15. The number of rotatable bonds is 38. The number of aryl methyl sites for hydroxylation is 7. The fraction of sp³-hybridized carbons (Fsp3) is 0.510. The van der Waals surface area contributed by atoms with E-state index in [-0.39, 0.29) is 36.0 Å². The Kier molecular flexibility index (Phi) is 47.9. The summed E-state index contributed by atoms with van der Waals surface area (Å²) in [4.78, 5) is 104. The number of aromatic nitrogens is 22. The maximum Gasteiger partial charge on any atom is 0.232 e. The maximum atomic E-state index is 5.95. The van der Waals surface area contributed by atoms with Gasteiger partial charge in [0.05, 0.1) is 25.4 Å². The molecular weight excluding hydrogens is 1780 g/mol. The molecule has 2 fully saturated rings. The zero-order valence-electron chi connectivity index (χ0n) is 86.9. The van der Waals surface area contributed by atoms with E-state index in [2.05, 4.69) is 229 Å². The summed E-state index contributed by atoms with van der Waals surface area (Å²) in [6.45, 7) is 49.9. The minimum Gasteiger partial charge on any atom is -0.490 e. The smallest absolute Gasteiger partial charge is 0.232 e. The lowest BCUT2D eigenvalue weighted by Crippen LogP contribution is -2.34. The Bertz CT molecular complexity index is 5470. The molecule has 2 saturated heterocycles. The van der Waals surface area contributed by atoms with E-state index < -0.39 is 0 Å². The number of nitrogens with one attached hydrogen (secondary N) is 4. The van der Waals surface area contributed by atoms with Crippen molar-refractivity contribution in [2.24, 2.45) is 0 Å². The summed E-state index contributed by atoms with van der Waals surface area (Å²) in [6, 6.07) is 35.4. The van der Waals surface area contributed by atoms with Gasteiger partial charge in [-0.3, -0.25) is 4.98 Å². The van der Waals surface area contributed by atoms with Gasteiger partial charge in [0.1, 0.15) is 29.1 Å². The van der Waals surface area contributed by atoms with Crippen molar-refractivity contribution in [3.63, 3.8) is 0 Å². The van der Waals surface area contributed by atoms with Crippen LogP contribution in [0, 0.1) is 41.5 Å². The molecule has 8 aromatic heterocycles. The molecule has 0 bridgehead atoms. The highest BCUT2D eigenvalue weighted by atomic mass is 16.5. The van der Waals surface area contributed by atoms with Gasteiger partial charge in [-0.1, -0.05) is 122 Å². The van der Waals surface area contributed by atoms with Gasteiger partial charge >= 0.3 is 0 Å². The van der Waals surface area contributed by atoms with Crippen LogP contribution < -0.4 is 79.0 Å². The predicted molar refractivity (Wildman–Crippen MR) is 569 cm³/mol. The van der Waals surface area contributed by atoms with Gasteiger partial charge in [0, 0.05) is 138 Å². The van der Waals surface area contributed by atoms with Gasteiger partial charge in [-0.05, 0) is 218 Å². The minimum absolute atomic E-state index is 0.0627. The van der Waals surface area contributed by atoms with E-state index in [4.69, 9.17) is 57.6 Å². The van der Waals surface area contributed by atoms with Crippen molar-refractivity contribution in [3.8, 4) is 45.7 Å².